The number of thioether (sulfide) groups is 1. The zero-order valence-electron chi connectivity index (χ0n) is 17.3. The Morgan fingerprint density at radius 3 is 2.48 bits per heavy atom. The van der Waals surface area contributed by atoms with Crippen molar-refractivity contribution in [1.29, 1.82) is 0 Å². The standard InChI is InChI=1S/C23H24ClN5OS/c1-15(16-2-3-16)28(19-8-9-19)21(30)14-31-23-27-26-22(17-10-12-25-13-11-17)29(23)20-6-4-18(24)5-7-20/h4-7,10-13,15-16,19H,2-3,8-9,14H2,1H3. The molecular weight excluding hydrogens is 430 g/mol. The van der Waals surface area contributed by atoms with Gasteiger partial charge in [0.2, 0.25) is 5.91 Å². The van der Waals surface area contributed by atoms with Gasteiger partial charge in [-0.2, -0.15) is 0 Å². The van der Waals surface area contributed by atoms with Gasteiger partial charge >= 0.3 is 0 Å². The molecule has 2 aliphatic rings. The Labute approximate surface area is 191 Å². The molecule has 1 aromatic carbocycles. The van der Waals surface area contributed by atoms with Crippen molar-refractivity contribution in [3.63, 3.8) is 0 Å². The topological polar surface area (TPSA) is 63.9 Å². The number of rotatable bonds is 8. The van der Waals surface area contributed by atoms with Crippen molar-refractivity contribution in [1.82, 2.24) is 24.6 Å². The van der Waals surface area contributed by atoms with E-state index in [4.69, 9.17) is 11.6 Å². The molecule has 1 atom stereocenters. The number of pyridine rings is 1. The van der Waals surface area contributed by atoms with Crippen LogP contribution in [0.1, 0.15) is 32.6 Å². The van der Waals surface area contributed by atoms with Crippen LogP contribution < -0.4 is 0 Å². The third-order valence-corrected chi connectivity index (χ3v) is 7.12. The fraction of sp³-hybridized carbons (Fsp3) is 0.391. The normalized spacial score (nSPS) is 16.8. The number of benzene rings is 1. The van der Waals surface area contributed by atoms with Crippen LogP contribution in [0.3, 0.4) is 0 Å². The third-order valence-electron chi connectivity index (χ3n) is 5.95. The Balaban J connectivity index is 1.41. The first-order valence-corrected chi connectivity index (χ1v) is 12.0. The molecule has 2 aromatic heterocycles. The zero-order chi connectivity index (χ0) is 21.4. The van der Waals surface area contributed by atoms with Crippen molar-refractivity contribution in [2.45, 2.75) is 49.8 Å². The quantitative estimate of drug-likeness (QED) is 0.455. The van der Waals surface area contributed by atoms with E-state index < -0.39 is 0 Å². The van der Waals surface area contributed by atoms with E-state index in [2.05, 4.69) is 27.0 Å². The second kappa shape index (κ2) is 8.63. The molecule has 1 amide bonds. The Hall–Kier alpha value is -2.38. The first kappa shape index (κ1) is 20.5. The van der Waals surface area contributed by atoms with E-state index in [1.165, 1.54) is 24.6 Å². The summed E-state index contributed by atoms with van der Waals surface area (Å²) in [5.74, 6) is 1.94. The minimum absolute atomic E-state index is 0.197. The number of amides is 1. The molecule has 160 valence electrons. The number of hydrogen-bond acceptors (Lipinski definition) is 5. The van der Waals surface area contributed by atoms with Crippen molar-refractivity contribution in [2.24, 2.45) is 5.92 Å². The summed E-state index contributed by atoms with van der Waals surface area (Å²) in [6.07, 6.45) is 8.20. The summed E-state index contributed by atoms with van der Waals surface area (Å²) in [5.41, 5.74) is 1.82. The fourth-order valence-corrected chi connectivity index (χ4v) is 4.94. The van der Waals surface area contributed by atoms with Crippen LogP contribution in [-0.4, -0.2) is 48.4 Å². The van der Waals surface area contributed by atoms with Gasteiger partial charge in [0.05, 0.1) is 5.75 Å². The predicted octanol–water partition coefficient (Wildman–Crippen LogP) is 4.86. The highest BCUT2D eigenvalue weighted by Gasteiger charge is 2.41. The molecule has 2 saturated carbocycles. The highest BCUT2D eigenvalue weighted by Crippen LogP contribution is 2.40. The van der Waals surface area contributed by atoms with Gasteiger partial charge in [0.25, 0.3) is 0 Å². The molecular formula is C23H24ClN5OS. The lowest BCUT2D eigenvalue weighted by molar-refractivity contribution is -0.131. The number of halogens is 1. The van der Waals surface area contributed by atoms with Gasteiger partial charge in [-0.15, -0.1) is 10.2 Å². The molecule has 0 aliphatic heterocycles. The van der Waals surface area contributed by atoms with Crippen LogP contribution in [0.2, 0.25) is 5.02 Å². The van der Waals surface area contributed by atoms with Gasteiger partial charge < -0.3 is 4.90 Å². The lowest BCUT2D eigenvalue weighted by Crippen LogP contribution is -2.42. The summed E-state index contributed by atoms with van der Waals surface area (Å²) in [6, 6.07) is 12.1. The van der Waals surface area contributed by atoms with Crippen molar-refractivity contribution in [3.05, 3.63) is 53.8 Å². The van der Waals surface area contributed by atoms with Crippen LogP contribution in [0.15, 0.2) is 53.9 Å². The van der Waals surface area contributed by atoms with E-state index in [1.807, 2.05) is 41.0 Å². The van der Waals surface area contributed by atoms with Crippen molar-refractivity contribution >= 4 is 29.3 Å². The van der Waals surface area contributed by atoms with Crippen LogP contribution in [0.4, 0.5) is 0 Å². The highest BCUT2D eigenvalue weighted by molar-refractivity contribution is 7.99. The molecule has 3 aromatic rings. The summed E-state index contributed by atoms with van der Waals surface area (Å²) >= 11 is 7.54. The molecule has 6 nitrogen and oxygen atoms in total. The molecule has 5 rings (SSSR count). The molecule has 2 aliphatic carbocycles. The minimum Gasteiger partial charge on any atom is -0.336 e. The zero-order valence-corrected chi connectivity index (χ0v) is 18.9. The number of hydrogen-bond donors (Lipinski definition) is 0. The van der Waals surface area contributed by atoms with E-state index in [0.29, 0.717) is 39.8 Å². The van der Waals surface area contributed by atoms with Gasteiger partial charge in [-0.1, -0.05) is 23.4 Å². The molecule has 0 saturated heterocycles. The van der Waals surface area contributed by atoms with Gasteiger partial charge in [0.1, 0.15) is 0 Å². The van der Waals surface area contributed by atoms with Crippen LogP contribution in [0, 0.1) is 5.92 Å². The van der Waals surface area contributed by atoms with Crippen LogP contribution in [0.5, 0.6) is 0 Å². The van der Waals surface area contributed by atoms with Gasteiger partial charge in [-0.25, -0.2) is 0 Å². The van der Waals surface area contributed by atoms with Crippen LogP contribution >= 0.6 is 23.4 Å². The fourth-order valence-electron chi connectivity index (χ4n) is 4.00. The van der Waals surface area contributed by atoms with Gasteiger partial charge in [-0.3, -0.25) is 14.3 Å². The van der Waals surface area contributed by atoms with E-state index in [-0.39, 0.29) is 5.91 Å². The molecule has 0 bridgehead atoms. The second-order valence-electron chi connectivity index (χ2n) is 8.25. The smallest absolute Gasteiger partial charge is 0.233 e. The van der Waals surface area contributed by atoms with E-state index >= 15 is 0 Å². The molecule has 2 fully saturated rings. The largest absolute Gasteiger partial charge is 0.336 e. The summed E-state index contributed by atoms with van der Waals surface area (Å²) in [5, 5.41) is 10.2. The summed E-state index contributed by atoms with van der Waals surface area (Å²) in [6.45, 7) is 2.20. The Morgan fingerprint density at radius 1 is 1.13 bits per heavy atom. The molecule has 31 heavy (non-hydrogen) atoms. The molecule has 0 N–H and O–H groups in total. The minimum atomic E-state index is 0.197. The Bertz CT molecular complexity index is 1060. The van der Waals surface area contributed by atoms with E-state index in [1.54, 1.807) is 12.4 Å². The predicted molar refractivity (Wildman–Crippen MR) is 122 cm³/mol. The molecule has 1 unspecified atom stereocenters. The molecule has 2 heterocycles. The molecule has 0 radical (unpaired) electrons. The number of carbonyl (C=O) groups is 1. The third kappa shape index (κ3) is 4.48. The number of nitrogens with zero attached hydrogens (tertiary/aromatic N) is 5. The van der Waals surface area contributed by atoms with Crippen molar-refractivity contribution in [2.75, 3.05) is 5.75 Å². The van der Waals surface area contributed by atoms with Gasteiger partial charge in [0, 0.05) is 40.8 Å². The average molecular weight is 454 g/mol. The first-order valence-electron chi connectivity index (χ1n) is 10.7. The Kier molecular flexibility index (Phi) is 5.71. The summed E-state index contributed by atoms with van der Waals surface area (Å²) in [7, 11) is 0. The summed E-state index contributed by atoms with van der Waals surface area (Å²) in [4.78, 5) is 19.4. The first-order chi connectivity index (χ1) is 15.1. The van der Waals surface area contributed by atoms with E-state index in [9.17, 15) is 4.79 Å². The lowest BCUT2D eigenvalue weighted by Gasteiger charge is -2.29. The maximum atomic E-state index is 13.2. The SMILES string of the molecule is CC(C1CC1)N(C(=O)CSc1nnc(-c2ccncc2)n1-c1ccc(Cl)cc1)C1CC1. The second-order valence-corrected chi connectivity index (χ2v) is 9.63. The van der Waals surface area contributed by atoms with Gasteiger partial charge in [-0.05, 0) is 74.9 Å². The molecule has 0 spiro atoms. The van der Waals surface area contributed by atoms with Crippen LogP contribution in [-0.2, 0) is 4.79 Å². The van der Waals surface area contributed by atoms with Crippen molar-refractivity contribution < 1.29 is 4.79 Å². The maximum absolute atomic E-state index is 13.2. The highest BCUT2D eigenvalue weighted by atomic mass is 35.5. The number of aromatic nitrogens is 4. The number of carbonyl (C=O) groups excluding carboxylic acids is 1. The van der Waals surface area contributed by atoms with E-state index in [0.717, 1.165) is 24.1 Å². The van der Waals surface area contributed by atoms with Gasteiger partial charge in [0.15, 0.2) is 11.0 Å². The maximum Gasteiger partial charge on any atom is 0.233 e. The lowest BCUT2D eigenvalue weighted by atomic mass is 10.2. The van der Waals surface area contributed by atoms with Crippen LogP contribution in [0.25, 0.3) is 17.1 Å². The Morgan fingerprint density at radius 2 is 1.84 bits per heavy atom. The van der Waals surface area contributed by atoms with Crippen molar-refractivity contribution in [3.8, 4) is 17.1 Å². The summed E-state index contributed by atoms with van der Waals surface area (Å²) < 4.78 is 1.98. The monoisotopic (exact) mass is 453 g/mol. The average Bonchev–Trinajstić information content (AvgIpc) is 3.71. The molecule has 8 heteroatoms.